The van der Waals surface area contributed by atoms with Crippen LogP contribution in [0.5, 0.6) is 0 Å². The molecule has 0 heterocycles. The summed E-state index contributed by atoms with van der Waals surface area (Å²) in [6.45, 7) is 1.39. The summed E-state index contributed by atoms with van der Waals surface area (Å²) in [5.74, 6) is -1.22. The highest BCUT2D eigenvalue weighted by Crippen LogP contribution is 2.13. The maximum absolute atomic E-state index is 12.8. The minimum atomic E-state index is -0.730. The van der Waals surface area contributed by atoms with Crippen LogP contribution in [0, 0.1) is 5.82 Å². The lowest BCUT2D eigenvalue weighted by atomic mass is 10.2. The molecule has 0 aliphatic rings. The Labute approximate surface area is 86.5 Å². The Bertz CT molecular complexity index is 366. The molecule has 1 unspecified atom stereocenters. The van der Waals surface area contributed by atoms with Gasteiger partial charge < -0.3 is 15.6 Å². The van der Waals surface area contributed by atoms with E-state index in [1.54, 1.807) is 0 Å². The zero-order valence-corrected chi connectivity index (χ0v) is 8.24. The first-order valence-corrected chi connectivity index (χ1v) is 4.41. The SMILES string of the molecule is CC(O)COC(=O)c1ccc(F)c(N)c1. The van der Waals surface area contributed by atoms with Crippen molar-refractivity contribution in [2.75, 3.05) is 12.3 Å². The number of aliphatic hydroxyl groups is 1. The lowest BCUT2D eigenvalue weighted by molar-refractivity contribution is 0.0296. The number of halogens is 1. The number of ether oxygens (including phenoxy) is 1. The lowest BCUT2D eigenvalue weighted by Crippen LogP contribution is -2.15. The Morgan fingerprint density at radius 2 is 2.33 bits per heavy atom. The lowest BCUT2D eigenvalue weighted by Gasteiger charge is -2.07. The highest BCUT2D eigenvalue weighted by atomic mass is 19.1. The van der Waals surface area contributed by atoms with Crippen LogP contribution in [0.4, 0.5) is 10.1 Å². The molecule has 3 N–H and O–H groups in total. The van der Waals surface area contributed by atoms with Crippen LogP contribution in [0.3, 0.4) is 0 Å². The largest absolute Gasteiger partial charge is 0.459 e. The molecule has 1 atom stereocenters. The average Bonchev–Trinajstić information content (AvgIpc) is 2.18. The van der Waals surface area contributed by atoms with E-state index in [1.807, 2.05) is 0 Å². The number of hydrogen-bond acceptors (Lipinski definition) is 4. The van der Waals surface area contributed by atoms with Crippen molar-refractivity contribution >= 4 is 11.7 Å². The monoisotopic (exact) mass is 213 g/mol. The molecule has 1 rings (SSSR count). The highest BCUT2D eigenvalue weighted by molar-refractivity contribution is 5.90. The first-order chi connectivity index (χ1) is 7.00. The number of carbonyl (C=O) groups excluding carboxylic acids is 1. The number of nitrogen functional groups attached to an aromatic ring is 1. The molecule has 5 heteroatoms. The molecule has 0 aliphatic carbocycles. The van der Waals surface area contributed by atoms with Gasteiger partial charge in [0, 0.05) is 0 Å². The standard InChI is InChI=1S/C10H12FNO3/c1-6(13)5-15-10(14)7-2-3-8(11)9(12)4-7/h2-4,6,13H,5,12H2,1H3. The highest BCUT2D eigenvalue weighted by Gasteiger charge is 2.10. The van der Waals surface area contributed by atoms with Crippen LogP contribution in [-0.4, -0.2) is 23.8 Å². The number of aliphatic hydroxyl groups excluding tert-OH is 1. The molecule has 0 aromatic heterocycles. The summed E-state index contributed by atoms with van der Waals surface area (Å²) in [7, 11) is 0. The predicted molar refractivity (Wildman–Crippen MR) is 52.8 cm³/mol. The van der Waals surface area contributed by atoms with E-state index < -0.39 is 17.9 Å². The average molecular weight is 213 g/mol. The third-order valence-electron chi connectivity index (χ3n) is 1.69. The van der Waals surface area contributed by atoms with Gasteiger partial charge in [0.2, 0.25) is 0 Å². The number of esters is 1. The summed E-state index contributed by atoms with van der Waals surface area (Å²) in [6, 6.07) is 3.56. The molecular weight excluding hydrogens is 201 g/mol. The molecule has 0 amide bonds. The quantitative estimate of drug-likeness (QED) is 0.579. The van der Waals surface area contributed by atoms with Crippen molar-refractivity contribution in [3.63, 3.8) is 0 Å². The molecule has 1 aromatic rings. The zero-order valence-electron chi connectivity index (χ0n) is 8.24. The van der Waals surface area contributed by atoms with E-state index in [-0.39, 0.29) is 17.9 Å². The molecule has 0 fully saturated rings. The number of nitrogens with two attached hydrogens (primary N) is 1. The Kier molecular flexibility index (Phi) is 3.62. The Hall–Kier alpha value is -1.62. The van der Waals surface area contributed by atoms with E-state index in [4.69, 9.17) is 15.6 Å². The fourth-order valence-electron chi connectivity index (χ4n) is 0.950. The van der Waals surface area contributed by atoms with Gasteiger partial charge in [-0.1, -0.05) is 0 Å². The van der Waals surface area contributed by atoms with E-state index >= 15 is 0 Å². The first-order valence-electron chi connectivity index (χ1n) is 4.41. The molecule has 0 saturated carbocycles. The Morgan fingerprint density at radius 3 is 2.87 bits per heavy atom. The van der Waals surface area contributed by atoms with E-state index in [2.05, 4.69) is 0 Å². The minimum Gasteiger partial charge on any atom is -0.459 e. The third kappa shape index (κ3) is 3.21. The topological polar surface area (TPSA) is 72.5 Å². The molecule has 0 radical (unpaired) electrons. The van der Waals surface area contributed by atoms with Crippen molar-refractivity contribution in [3.8, 4) is 0 Å². The first kappa shape index (κ1) is 11.5. The maximum Gasteiger partial charge on any atom is 0.338 e. The molecule has 0 saturated heterocycles. The van der Waals surface area contributed by atoms with Crippen LogP contribution in [0.2, 0.25) is 0 Å². The number of hydrogen-bond donors (Lipinski definition) is 2. The van der Waals surface area contributed by atoms with E-state index in [0.717, 1.165) is 6.07 Å². The summed E-state index contributed by atoms with van der Waals surface area (Å²) >= 11 is 0. The van der Waals surface area contributed by atoms with Crippen molar-refractivity contribution in [1.82, 2.24) is 0 Å². The van der Waals surface area contributed by atoms with Crippen molar-refractivity contribution in [2.24, 2.45) is 0 Å². The van der Waals surface area contributed by atoms with Gasteiger partial charge in [-0.15, -0.1) is 0 Å². The van der Waals surface area contributed by atoms with E-state index in [0.29, 0.717) is 0 Å². The second-order valence-corrected chi connectivity index (χ2v) is 3.18. The predicted octanol–water partition coefficient (Wildman–Crippen LogP) is 0.946. The van der Waals surface area contributed by atoms with Gasteiger partial charge in [0.05, 0.1) is 17.4 Å². The van der Waals surface area contributed by atoms with Crippen LogP contribution in [0.15, 0.2) is 18.2 Å². The van der Waals surface area contributed by atoms with Crippen molar-refractivity contribution in [1.29, 1.82) is 0 Å². The summed E-state index contributed by atoms with van der Waals surface area (Å²) in [5.41, 5.74) is 5.33. The fraction of sp³-hybridized carbons (Fsp3) is 0.300. The van der Waals surface area contributed by atoms with Crippen molar-refractivity contribution in [2.45, 2.75) is 13.0 Å². The zero-order chi connectivity index (χ0) is 11.4. The summed E-state index contributed by atoms with van der Waals surface area (Å²) in [6.07, 6.45) is -0.730. The van der Waals surface area contributed by atoms with Crippen LogP contribution < -0.4 is 5.73 Å². The van der Waals surface area contributed by atoms with Gasteiger partial charge >= 0.3 is 5.97 Å². The Balaban J connectivity index is 2.70. The van der Waals surface area contributed by atoms with Crippen LogP contribution in [-0.2, 0) is 4.74 Å². The molecule has 4 nitrogen and oxygen atoms in total. The molecule has 1 aromatic carbocycles. The van der Waals surface area contributed by atoms with Gasteiger partial charge in [-0.25, -0.2) is 9.18 Å². The van der Waals surface area contributed by atoms with Gasteiger partial charge in [-0.05, 0) is 25.1 Å². The van der Waals surface area contributed by atoms with Gasteiger partial charge in [0.25, 0.3) is 0 Å². The van der Waals surface area contributed by atoms with Gasteiger partial charge in [-0.2, -0.15) is 0 Å². The number of rotatable bonds is 3. The van der Waals surface area contributed by atoms with Gasteiger partial charge in [-0.3, -0.25) is 0 Å². The van der Waals surface area contributed by atoms with Crippen LogP contribution in [0.1, 0.15) is 17.3 Å². The second-order valence-electron chi connectivity index (χ2n) is 3.18. The summed E-state index contributed by atoms with van der Waals surface area (Å²) < 4.78 is 17.5. The molecular formula is C10H12FNO3. The van der Waals surface area contributed by atoms with Crippen molar-refractivity contribution < 1.29 is 19.0 Å². The fourth-order valence-corrected chi connectivity index (χ4v) is 0.950. The molecule has 82 valence electrons. The molecule has 0 aliphatic heterocycles. The Morgan fingerprint density at radius 1 is 1.67 bits per heavy atom. The number of carbonyl (C=O) groups is 1. The van der Waals surface area contributed by atoms with E-state index in [1.165, 1.54) is 19.1 Å². The number of benzene rings is 1. The van der Waals surface area contributed by atoms with Crippen LogP contribution in [0.25, 0.3) is 0 Å². The smallest absolute Gasteiger partial charge is 0.338 e. The molecule has 0 spiro atoms. The van der Waals surface area contributed by atoms with Crippen molar-refractivity contribution in [3.05, 3.63) is 29.6 Å². The summed E-state index contributed by atoms with van der Waals surface area (Å²) in [5, 5.41) is 8.88. The second kappa shape index (κ2) is 4.75. The van der Waals surface area contributed by atoms with Crippen LogP contribution >= 0.6 is 0 Å². The molecule has 15 heavy (non-hydrogen) atoms. The van der Waals surface area contributed by atoms with E-state index in [9.17, 15) is 9.18 Å². The third-order valence-corrected chi connectivity index (χ3v) is 1.69. The van der Waals surface area contributed by atoms with Gasteiger partial charge in [0.15, 0.2) is 0 Å². The maximum atomic E-state index is 12.8. The summed E-state index contributed by atoms with van der Waals surface area (Å²) in [4.78, 5) is 11.3. The minimum absolute atomic E-state index is 0.101. The normalized spacial score (nSPS) is 12.2. The number of anilines is 1. The molecule has 0 bridgehead atoms. The van der Waals surface area contributed by atoms with Gasteiger partial charge in [0.1, 0.15) is 12.4 Å².